The molecule has 0 aliphatic carbocycles. The van der Waals surface area contributed by atoms with Crippen LogP contribution in [0, 0.1) is 0 Å². The Balaban J connectivity index is 1.56. The lowest BCUT2D eigenvalue weighted by atomic mass is 9.86. The number of hydrogen-bond acceptors (Lipinski definition) is 1. The maximum absolute atomic E-state index is 3.49. The molecule has 1 heteroatoms. The monoisotopic (exact) mass is 421 g/mol. The smallest absolute Gasteiger partial charge is 0.0384 e. The third kappa shape index (κ3) is 3.54. The van der Waals surface area contributed by atoms with Gasteiger partial charge in [0.05, 0.1) is 0 Å². The van der Waals surface area contributed by atoms with Gasteiger partial charge in [0.15, 0.2) is 0 Å². The third-order valence-corrected chi connectivity index (χ3v) is 6.23. The minimum atomic E-state index is 1.08. The Morgan fingerprint density at radius 3 is 1.15 bits per heavy atom. The Morgan fingerprint density at radius 2 is 0.667 bits per heavy atom. The summed E-state index contributed by atoms with van der Waals surface area (Å²) in [4.78, 5) is 0. The summed E-state index contributed by atoms with van der Waals surface area (Å²) in [7, 11) is 0. The molecule has 0 aliphatic rings. The molecule has 6 rings (SSSR count). The van der Waals surface area contributed by atoms with E-state index < -0.39 is 0 Å². The SMILES string of the molecule is c1ccc(Nc2ccc(-c3c4ccccc4c(-c4ccccc4)c4ccccc34)cc2)cc1. The Hall–Kier alpha value is -4.36. The number of rotatable bonds is 4. The van der Waals surface area contributed by atoms with Crippen molar-refractivity contribution in [3.8, 4) is 22.3 Å². The van der Waals surface area contributed by atoms with Gasteiger partial charge in [0.25, 0.3) is 0 Å². The highest BCUT2D eigenvalue weighted by atomic mass is 14.9. The molecule has 0 aliphatic heterocycles. The lowest BCUT2D eigenvalue weighted by Crippen LogP contribution is -1.92. The van der Waals surface area contributed by atoms with Gasteiger partial charge >= 0.3 is 0 Å². The fourth-order valence-corrected chi connectivity index (χ4v) is 4.76. The maximum Gasteiger partial charge on any atom is 0.0384 e. The van der Waals surface area contributed by atoms with Crippen molar-refractivity contribution in [2.75, 3.05) is 5.32 Å². The topological polar surface area (TPSA) is 12.0 Å². The molecule has 1 nitrogen and oxygen atoms in total. The normalized spacial score (nSPS) is 11.0. The van der Waals surface area contributed by atoms with E-state index >= 15 is 0 Å². The van der Waals surface area contributed by atoms with Gasteiger partial charge in [-0.15, -0.1) is 0 Å². The molecule has 1 N–H and O–H groups in total. The molecule has 156 valence electrons. The van der Waals surface area contributed by atoms with Gasteiger partial charge in [-0.3, -0.25) is 0 Å². The molecule has 33 heavy (non-hydrogen) atoms. The standard InChI is InChI=1S/C32H23N/c1-3-11-23(12-4-1)31-27-15-7-9-17-29(27)32(30-18-10-8-16-28(30)31)24-19-21-26(22-20-24)33-25-13-5-2-6-14-25/h1-22,33H. The predicted octanol–water partition coefficient (Wildman–Crippen LogP) is 9.07. The van der Waals surface area contributed by atoms with Crippen molar-refractivity contribution in [2.45, 2.75) is 0 Å². The molecule has 0 saturated heterocycles. The van der Waals surface area contributed by atoms with Crippen LogP contribution in [0.15, 0.2) is 133 Å². The van der Waals surface area contributed by atoms with Crippen molar-refractivity contribution in [3.05, 3.63) is 133 Å². The van der Waals surface area contributed by atoms with Gasteiger partial charge in [-0.1, -0.05) is 109 Å². The first-order valence-electron chi connectivity index (χ1n) is 11.3. The molecule has 6 aromatic rings. The molecule has 0 bridgehead atoms. The molecular weight excluding hydrogens is 398 g/mol. The Labute approximate surface area is 194 Å². The summed E-state index contributed by atoms with van der Waals surface area (Å²) in [6.07, 6.45) is 0. The second kappa shape index (κ2) is 8.29. The maximum atomic E-state index is 3.49. The number of nitrogens with one attached hydrogen (secondary N) is 1. The van der Waals surface area contributed by atoms with Crippen molar-refractivity contribution in [1.29, 1.82) is 0 Å². The number of para-hydroxylation sites is 1. The second-order valence-electron chi connectivity index (χ2n) is 8.28. The Morgan fingerprint density at radius 1 is 0.303 bits per heavy atom. The zero-order valence-corrected chi connectivity index (χ0v) is 18.2. The van der Waals surface area contributed by atoms with Crippen LogP contribution in [0.2, 0.25) is 0 Å². The average molecular weight is 422 g/mol. The van der Waals surface area contributed by atoms with E-state index in [0.29, 0.717) is 0 Å². The molecule has 0 spiro atoms. The summed E-state index contributed by atoms with van der Waals surface area (Å²) >= 11 is 0. The number of hydrogen-bond donors (Lipinski definition) is 1. The average Bonchev–Trinajstić information content (AvgIpc) is 2.89. The first-order chi connectivity index (χ1) is 16.4. The molecule has 6 aromatic carbocycles. The van der Waals surface area contributed by atoms with Gasteiger partial charge in [-0.25, -0.2) is 0 Å². The summed E-state index contributed by atoms with van der Waals surface area (Å²) in [5, 5.41) is 8.60. The number of anilines is 2. The minimum absolute atomic E-state index is 1.08. The zero-order chi connectivity index (χ0) is 22.0. The highest BCUT2D eigenvalue weighted by molar-refractivity contribution is 6.21. The number of benzene rings is 6. The summed E-state index contributed by atoms with van der Waals surface area (Å²) in [5.74, 6) is 0. The van der Waals surface area contributed by atoms with Crippen LogP contribution in [0.3, 0.4) is 0 Å². The largest absolute Gasteiger partial charge is 0.356 e. The van der Waals surface area contributed by atoms with E-state index in [2.05, 4.69) is 121 Å². The third-order valence-electron chi connectivity index (χ3n) is 6.23. The summed E-state index contributed by atoms with van der Waals surface area (Å²) < 4.78 is 0. The first kappa shape index (κ1) is 19.3. The van der Waals surface area contributed by atoms with Crippen LogP contribution in [0.5, 0.6) is 0 Å². The van der Waals surface area contributed by atoms with Crippen molar-refractivity contribution in [1.82, 2.24) is 0 Å². The van der Waals surface area contributed by atoms with Crippen LogP contribution in [-0.2, 0) is 0 Å². The van der Waals surface area contributed by atoms with E-state index in [-0.39, 0.29) is 0 Å². The molecule has 0 heterocycles. The second-order valence-corrected chi connectivity index (χ2v) is 8.28. The summed E-state index contributed by atoms with van der Waals surface area (Å²) in [5.41, 5.74) is 7.23. The van der Waals surface area contributed by atoms with E-state index in [0.717, 1.165) is 11.4 Å². The molecule has 0 aromatic heterocycles. The minimum Gasteiger partial charge on any atom is -0.356 e. The molecule has 0 saturated carbocycles. The van der Waals surface area contributed by atoms with E-state index in [1.54, 1.807) is 0 Å². The van der Waals surface area contributed by atoms with Crippen LogP contribution < -0.4 is 5.32 Å². The Bertz CT molecular complexity index is 1490. The van der Waals surface area contributed by atoms with E-state index in [4.69, 9.17) is 0 Å². The lowest BCUT2D eigenvalue weighted by Gasteiger charge is -2.18. The summed E-state index contributed by atoms with van der Waals surface area (Å²) in [6.45, 7) is 0. The van der Waals surface area contributed by atoms with Crippen LogP contribution in [-0.4, -0.2) is 0 Å². The van der Waals surface area contributed by atoms with Crippen LogP contribution in [0.4, 0.5) is 11.4 Å². The zero-order valence-electron chi connectivity index (χ0n) is 18.2. The van der Waals surface area contributed by atoms with Crippen molar-refractivity contribution < 1.29 is 0 Å². The molecule has 0 unspecified atom stereocenters. The van der Waals surface area contributed by atoms with Gasteiger partial charge in [0, 0.05) is 11.4 Å². The van der Waals surface area contributed by atoms with E-state index in [1.807, 2.05) is 18.2 Å². The van der Waals surface area contributed by atoms with Crippen LogP contribution in [0.1, 0.15) is 0 Å². The van der Waals surface area contributed by atoms with Gasteiger partial charge in [-0.2, -0.15) is 0 Å². The van der Waals surface area contributed by atoms with Gasteiger partial charge in [0.1, 0.15) is 0 Å². The first-order valence-corrected chi connectivity index (χ1v) is 11.3. The van der Waals surface area contributed by atoms with Gasteiger partial charge < -0.3 is 5.32 Å². The molecule has 0 atom stereocenters. The fourth-order valence-electron chi connectivity index (χ4n) is 4.76. The van der Waals surface area contributed by atoms with Gasteiger partial charge in [-0.05, 0) is 68.1 Å². The van der Waals surface area contributed by atoms with Gasteiger partial charge in [0.2, 0.25) is 0 Å². The van der Waals surface area contributed by atoms with E-state index in [1.165, 1.54) is 43.8 Å². The highest BCUT2D eigenvalue weighted by Gasteiger charge is 2.16. The van der Waals surface area contributed by atoms with Crippen molar-refractivity contribution in [3.63, 3.8) is 0 Å². The quantitative estimate of drug-likeness (QED) is 0.280. The molecule has 0 amide bonds. The fraction of sp³-hybridized carbons (Fsp3) is 0. The van der Waals surface area contributed by atoms with E-state index in [9.17, 15) is 0 Å². The van der Waals surface area contributed by atoms with Crippen LogP contribution in [0.25, 0.3) is 43.8 Å². The van der Waals surface area contributed by atoms with Crippen molar-refractivity contribution >= 4 is 32.9 Å². The predicted molar refractivity (Wildman–Crippen MR) is 142 cm³/mol. The molecule has 0 radical (unpaired) electrons. The summed E-state index contributed by atoms with van der Waals surface area (Å²) in [6, 6.07) is 47.3. The lowest BCUT2D eigenvalue weighted by molar-refractivity contribution is 1.55. The molecule has 0 fully saturated rings. The number of fused-ring (bicyclic) bond motifs is 2. The Kier molecular flexibility index (Phi) is 4.86. The molecular formula is C32H23N. The van der Waals surface area contributed by atoms with Crippen LogP contribution >= 0.6 is 0 Å². The van der Waals surface area contributed by atoms with Crippen molar-refractivity contribution in [2.24, 2.45) is 0 Å². The highest BCUT2D eigenvalue weighted by Crippen LogP contribution is 2.43.